The summed E-state index contributed by atoms with van der Waals surface area (Å²) in [4.78, 5) is 26.8. The van der Waals surface area contributed by atoms with Gasteiger partial charge in [0, 0.05) is 37.8 Å². The monoisotopic (exact) mass is 371 g/mol. The third-order valence-electron chi connectivity index (χ3n) is 4.49. The highest BCUT2D eigenvalue weighted by molar-refractivity contribution is 5.95. The van der Waals surface area contributed by atoms with E-state index in [0.717, 1.165) is 17.5 Å². The van der Waals surface area contributed by atoms with Crippen molar-refractivity contribution in [3.8, 4) is 11.5 Å². The molecule has 2 aromatic carbocycles. The van der Waals surface area contributed by atoms with E-state index in [1.54, 1.807) is 4.90 Å². The molecule has 1 N–H and O–H groups in total. The Labute approximate surface area is 156 Å². The van der Waals surface area contributed by atoms with Crippen molar-refractivity contribution in [3.05, 3.63) is 58.1 Å². The molecule has 0 atom stereocenters. The molecule has 1 saturated heterocycles. The Balaban J connectivity index is 1.70. The zero-order valence-corrected chi connectivity index (χ0v) is 15.0. The number of nitro benzene ring substituents is 1. The molecule has 0 bridgehead atoms. The number of aromatic hydroxyl groups is 1. The number of anilines is 1. The average Bonchev–Trinajstić information content (AvgIpc) is 2.68. The molecule has 0 aromatic heterocycles. The van der Waals surface area contributed by atoms with E-state index < -0.39 is 16.4 Å². The van der Waals surface area contributed by atoms with E-state index in [-0.39, 0.29) is 11.5 Å². The van der Waals surface area contributed by atoms with Gasteiger partial charge in [0.1, 0.15) is 5.75 Å². The molecule has 8 nitrogen and oxygen atoms in total. The van der Waals surface area contributed by atoms with Gasteiger partial charge in [0.25, 0.3) is 5.91 Å². The summed E-state index contributed by atoms with van der Waals surface area (Å²) in [6.45, 7) is 4.77. The molecule has 0 radical (unpaired) electrons. The van der Waals surface area contributed by atoms with Crippen LogP contribution >= 0.6 is 0 Å². The number of amides is 1. The Morgan fingerprint density at radius 1 is 1.19 bits per heavy atom. The number of rotatable bonds is 5. The normalized spacial score (nSPS) is 14.1. The minimum absolute atomic E-state index is 0.197. The van der Waals surface area contributed by atoms with Gasteiger partial charge in [-0.15, -0.1) is 0 Å². The predicted octanol–water partition coefficient (Wildman–Crippen LogP) is 2.66. The van der Waals surface area contributed by atoms with E-state index in [9.17, 15) is 20.0 Å². The number of carbonyl (C=O) groups is 1. The largest absolute Gasteiger partial charge is 0.502 e. The fourth-order valence-corrected chi connectivity index (χ4v) is 3.13. The van der Waals surface area contributed by atoms with Crippen LogP contribution < -0.4 is 9.64 Å². The molecule has 3 rings (SSSR count). The topological polar surface area (TPSA) is 96.2 Å². The number of hydrogen-bond acceptors (Lipinski definition) is 6. The number of phenolic OH excluding ortho intramolecular Hbond substituents is 1. The van der Waals surface area contributed by atoms with Crippen LogP contribution in [0.2, 0.25) is 0 Å². The summed E-state index contributed by atoms with van der Waals surface area (Å²) < 4.78 is 5.67. The van der Waals surface area contributed by atoms with Crippen molar-refractivity contribution >= 4 is 17.3 Å². The van der Waals surface area contributed by atoms with E-state index in [2.05, 4.69) is 4.90 Å². The van der Waals surface area contributed by atoms with Crippen molar-refractivity contribution in [1.82, 2.24) is 4.90 Å². The van der Waals surface area contributed by atoms with E-state index in [0.29, 0.717) is 32.8 Å². The molecule has 2 aromatic rings. The van der Waals surface area contributed by atoms with Crippen LogP contribution in [0.5, 0.6) is 11.5 Å². The second-order valence-electron chi connectivity index (χ2n) is 6.14. The Kier molecular flexibility index (Phi) is 5.44. The number of nitro groups is 1. The van der Waals surface area contributed by atoms with E-state index >= 15 is 0 Å². The molecular formula is C19H21N3O5. The number of piperazine rings is 1. The van der Waals surface area contributed by atoms with Gasteiger partial charge < -0.3 is 19.6 Å². The van der Waals surface area contributed by atoms with Crippen LogP contribution in [0.3, 0.4) is 0 Å². The molecule has 1 fully saturated rings. The first-order valence-corrected chi connectivity index (χ1v) is 8.74. The Morgan fingerprint density at radius 3 is 2.56 bits per heavy atom. The molecular weight excluding hydrogens is 350 g/mol. The highest BCUT2D eigenvalue weighted by atomic mass is 16.6. The van der Waals surface area contributed by atoms with Gasteiger partial charge >= 0.3 is 5.69 Å². The van der Waals surface area contributed by atoms with Gasteiger partial charge in [0.05, 0.1) is 17.2 Å². The Bertz CT molecular complexity index is 847. The number of carbonyl (C=O) groups excluding carboxylic acids is 1. The number of ether oxygens (including phenoxy) is 1. The smallest absolute Gasteiger partial charge is 0.311 e. The van der Waals surface area contributed by atoms with Crippen molar-refractivity contribution in [2.24, 2.45) is 0 Å². The summed E-state index contributed by atoms with van der Waals surface area (Å²) in [6.07, 6.45) is 0. The van der Waals surface area contributed by atoms with Crippen molar-refractivity contribution in [2.75, 3.05) is 37.7 Å². The van der Waals surface area contributed by atoms with Crippen molar-refractivity contribution in [3.63, 3.8) is 0 Å². The summed E-state index contributed by atoms with van der Waals surface area (Å²) >= 11 is 0. The first-order chi connectivity index (χ1) is 13.0. The summed E-state index contributed by atoms with van der Waals surface area (Å²) in [7, 11) is 0. The van der Waals surface area contributed by atoms with Crippen LogP contribution in [0.4, 0.5) is 11.4 Å². The predicted molar refractivity (Wildman–Crippen MR) is 100 cm³/mol. The minimum Gasteiger partial charge on any atom is -0.502 e. The van der Waals surface area contributed by atoms with Crippen molar-refractivity contribution < 1.29 is 19.6 Å². The molecule has 142 valence electrons. The Morgan fingerprint density at radius 2 is 1.89 bits per heavy atom. The van der Waals surface area contributed by atoms with Crippen LogP contribution in [0.1, 0.15) is 17.3 Å². The first-order valence-electron chi connectivity index (χ1n) is 8.74. The first kappa shape index (κ1) is 18.5. The summed E-state index contributed by atoms with van der Waals surface area (Å²) in [5, 5.41) is 20.5. The molecule has 0 spiro atoms. The van der Waals surface area contributed by atoms with Crippen LogP contribution in [-0.4, -0.2) is 53.6 Å². The third kappa shape index (κ3) is 3.94. The standard InChI is InChI=1S/C19H21N3O5/c1-2-27-18-6-4-3-5-15(18)20-9-11-21(12-10-20)19(24)14-7-8-17(23)16(13-14)22(25)26/h3-8,13,23H,2,9-12H2,1H3. The second kappa shape index (κ2) is 7.94. The van der Waals surface area contributed by atoms with Gasteiger partial charge in [-0.05, 0) is 31.2 Å². The van der Waals surface area contributed by atoms with Crippen LogP contribution in [0, 0.1) is 10.1 Å². The van der Waals surface area contributed by atoms with Gasteiger partial charge in [-0.2, -0.15) is 0 Å². The molecule has 1 amide bonds. The molecule has 1 heterocycles. The maximum absolute atomic E-state index is 12.7. The van der Waals surface area contributed by atoms with E-state index in [4.69, 9.17) is 4.74 Å². The fraction of sp³-hybridized carbons (Fsp3) is 0.316. The number of phenols is 1. The van der Waals surface area contributed by atoms with Crippen LogP contribution in [0.25, 0.3) is 0 Å². The number of hydrogen-bond donors (Lipinski definition) is 1. The van der Waals surface area contributed by atoms with Gasteiger partial charge in [-0.1, -0.05) is 12.1 Å². The highest BCUT2D eigenvalue weighted by Crippen LogP contribution is 2.30. The molecule has 27 heavy (non-hydrogen) atoms. The molecule has 0 saturated carbocycles. The lowest BCUT2D eigenvalue weighted by Crippen LogP contribution is -2.48. The SMILES string of the molecule is CCOc1ccccc1N1CCN(C(=O)c2ccc(O)c([N+](=O)[O-])c2)CC1. The number of nitrogens with zero attached hydrogens (tertiary/aromatic N) is 3. The fourth-order valence-electron chi connectivity index (χ4n) is 3.13. The summed E-state index contributed by atoms with van der Waals surface area (Å²) in [6, 6.07) is 11.5. The molecule has 8 heteroatoms. The van der Waals surface area contributed by atoms with Crippen molar-refractivity contribution in [1.29, 1.82) is 0 Å². The third-order valence-corrected chi connectivity index (χ3v) is 4.49. The quantitative estimate of drug-likeness (QED) is 0.641. The zero-order valence-electron chi connectivity index (χ0n) is 15.0. The van der Waals surface area contributed by atoms with Gasteiger partial charge in [-0.3, -0.25) is 14.9 Å². The maximum Gasteiger partial charge on any atom is 0.311 e. The lowest BCUT2D eigenvalue weighted by molar-refractivity contribution is -0.385. The van der Waals surface area contributed by atoms with Crippen LogP contribution in [-0.2, 0) is 0 Å². The highest BCUT2D eigenvalue weighted by Gasteiger charge is 2.25. The van der Waals surface area contributed by atoms with Crippen LogP contribution in [0.15, 0.2) is 42.5 Å². The average molecular weight is 371 g/mol. The number of para-hydroxylation sites is 2. The van der Waals surface area contributed by atoms with Gasteiger partial charge in [-0.25, -0.2) is 0 Å². The van der Waals surface area contributed by atoms with Gasteiger partial charge in [0.15, 0.2) is 5.75 Å². The molecule has 0 aliphatic carbocycles. The molecule has 1 aliphatic rings. The number of benzene rings is 2. The van der Waals surface area contributed by atoms with Crippen molar-refractivity contribution in [2.45, 2.75) is 6.92 Å². The molecule has 0 unspecified atom stereocenters. The maximum atomic E-state index is 12.7. The molecule has 1 aliphatic heterocycles. The lowest BCUT2D eigenvalue weighted by atomic mass is 10.1. The minimum atomic E-state index is -0.700. The second-order valence-corrected chi connectivity index (χ2v) is 6.14. The lowest BCUT2D eigenvalue weighted by Gasteiger charge is -2.36. The summed E-state index contributed by atoms with van der Waals surface area (Å²) in [5.41, 5.74) is 0.722. The van der Waals surface area contributed by atoms with E-state index in [1.165, 1.54) is 12.1 Å². The zero-order chi connectivity index (χ0) is 19.4. The summed E-state index contributed by atoms with van der Waals surface area (Å²) in [5.74, 6) is 0.0821. The van der Waals surface area contributed by atoms with E-state index in [1.807, 2.05) is 31.2 Å². The van der Waals surface area contributed by atoms with Gasteiger partial charge in [0.2, 0.25) is 0 Å². The Hall–Kier alpha value is -3.29.